The average Bonchev–Trinajstić information content (AvgIpc) is 3.03. The van der Waals surface area contributed by atoms with Crippen LogP contribution in [0.5, 0.6) is 0 Å². The number of halogens is 1. The number of carboxylic acid groups (broad SMARTS) is 1. The summed E-state index contributed by atoms with van der Waals surface area (Å²) in [5.41, 5.74) is 1.83. The molecule has 0 aliphatic heterocycles. The minimum Gasteiger partial charge on any atom is -0.478 e. The van der Waals surface area contributed by atoms with E-state index in [2.05, 4.69) is 5.10 Å². The molecule has 0 bridgehead atoms. The number of hydrogen-bond donors (Lipinski definition) is 1. The number of ketones is 1. The van der Waals surface area contributed by atoms with Crippen molar-refractivity contribution in [1.82, 2.24) is 14.3 Å². The summed E-state index contributed by atoms with van der Waals surface area (Å²) in [6, 6.07) is 7.80. The van der Waals surface area contributed by atoms with Crippen LogP contribution < -0.4 is 5.56 Å². The first-order valence-electron chi connectivity index (χ1n) is 8.22. The maximum atomic E-state index is 13.1. The molecule has 28 heavy (non-hydrogen) atoms. The van der Waals surface area contributed by atoms with E-state index in [1.54, 1.807) is 44.6 Å². The molecule has 0 atom stereocenters. The fourth-order valence-corrected chi connectivity index (χ4v) is 2.94. The Morgan fingerprint density at radius 3 is 2.46 bits per heavy atom. The Labute approximate surface area is 165 Å². The van der Waals surface area contributed by atoms with Crippen LogP contribution >= 0.6 is 11.6 Å². The van der Waals surface area contributed by atoms with Crippen molar-refractivity contribution in [3.05, 3.63) is 81.0 Å². The standard InChI is InChI=1S/C20H16ClN3O4/c1-23-11-16(13(9-17(23)25)5-8-18(26)27)15-10-22-24(2)19(15)20(28)12-3-6-14(21)7-4-12/h3-11H,1-2H3,(H,26,27)/b8-5+. The predicted molar refractivity (Wildman–Crippen MR) is 105 cm³/mol. The number of carbonyl (C=O) groups excluding carboxylic acids is 1. The van der Waals surface area contributed by atoms with Gasteiger partial charge in [0.25, 0.3) is 5.56 Å². The van der Waals surface area contributed by atoms with Crippen molar-refractivity contribution in [3.63, 3.8) is 0 Å². The summed E-state index contributed by atoms with van der Waals surface area (Å²) in [4.78, 5) is 36.0. The van der Waals surface area contributed by atoms with Crippen LogP contribution in [0.25, 0.3) is 17.2 Å². The molecule has 0 spiro atoms. The number of hydrogen-bond acceptors (Lipinski definition) is 4. The second kappa shape index (κ2) is 7.66. The van der Waals surface area contributed by atoms with Gasteiger partial charge in [-0.3, -0.25) is 14.3 Å². The van der Waals surface area contributed by atoms with E-state index >= 15 is 0 Å². The van der Waals surface area contributed by atoms with Gasteiger partial charge in [-0.15, -0.1) is 0 Å². The highest BCUT2D eigenvalue weighted by Gasteiger charge is 2.21. The van der Waals surface area contributed by atoms with Gasteiger partial charge in [-0.2, -0.15) is 5.10 Å². The number of carboxylic acids is 1. The van der Waals surface area contributed by atoms with E-state index < -0.39 is 5.97 Å². The van der Waals surface area contributed by atoms with Crippen molar-refractivity contribution >= 4 is 29.4 Å². The SMILES string of the molecule is Cn1ncc(-c2cn(C)c(=O)cc2/C=C/C(=O)O)c1C(=O)c1ccc(Cl)cc1. The lowest BCUT2D eigenvalue weighted by molar-refractivity contribution is -0.131. The molecule has 0 radical (unpaired) electrons. The van der Waals surface area contributed by atoms with E-state index in [1.165, 1.54) is 27.6 Å². The second-order valence-electron chi connectivity index (χ2n) is 6.13. The monoisotopic (exact) mass is 397 g/mol. The van der Waals surface area contributed by atoms with Crippen molar-refractivity contribution in [1.29, 1.82) is 0 Å². The predicted octanol–water partition coefficient (Wildman–Crippen LogP) is 2.77. The minimum absolute atomic E-state index is 0.270. The molecule has 3 aromatic rings. The minimum atomic E-state index is -1.14. The number of nitrogens with zero attached hydrogens (tertiary/aromatic N) is 3. The van der Waals surface area contributed by atoms with Crippen LogP contribution in [0.3, 0.4) is 0 Å². The molecule has 0 aliphatic carbocycles. The van der Waals surface area contributed by atoms with E-state index in [9.17, 15) is 14.4 Å². The van der Waals surface area contributed by atoms with Crippen molar-refractivity contribution in [2.45, 2.75) is 0 Å². The van der Waals surface area contributed by atoms with Gasteiger partial charge in [-0.1, -0.05) is 11.6 Å². The molecule has 1 N–H and O–H groups in total. The molecule has 2 heterocycles. The third kappa shape index (κ3) is 3.79. The van der Waals surface area contributed by atoms with Gasteiger partial charge in [0.15, 0.2) is 0 Å². The van der Waals surface area contributed by atoms with Gasteiger partial charge < -0.3 is 9.67 Å². The number of aryl methyl sites for hydroxylation is 2. The Balaban J connectivity index is 2.20. The quantitative estimate of drug-likeness (QED) is 0.527. The second-order valence-corrected chi connectivity index (χ2v) is 6.57. The molecule has 3 rings (SSSR count). The van der Waals surface area contributed by atoms with Gasteiger partial charge >= 0.3 is 5.97 Å². The van der Waals surface area contributed by atoms with Crippen LogP contribution in [0.4, 0.5) is 0 Å². The highest BCUT2D eigenvalue weighted by Crippen LogP contribution is 2.28. The highest BCUT2D eigenvalue weighted by atomic mass is 35.5. The first kappa shape index (κ1) is 19.3. The third-order valence-electron chi connectivity index (χ3n) is 4.22. The molecular formula is C20H16ClN3O4. The van der Waals surface area contributed by atoms with Crippen LogP contribution in [0, 0.1) is 0 Å². The zero-order chi connectivity index (χ0) is 20.4. The van der Waals surface area contributed by atoms with Gasteiger partial charge in [0.05, 0.1) is 6.20 Å². The van der Waals surface area contributed by atoms with Crippen LogP contribution in [0.2, 0.25) is 5.02 Å². The van der Waals surface area contributed by atoms with Crippen LogP contribution in [0.1, 0.15) is 21.6 Å². The van der Waals surface area contributed by atoms with Crippen molar-refractivity contribution < 1.29 is 14.7 Å². The summed E-state index contributed by atoms with van der Waals surface area (Å²) < 4.78 is 2.80. The Morgan fingerprint density at radius 1 is 1.14 bits per heavy atom. The molecule has 0 amide bonds. The van der Waals surface area contributed by atoms with Gasteiger partial charge in [0.2, 0.25) is 5.78 Å². The topological polar surface area (TPSA) is 94.2 Å². The fraction of sp³-hybridized carbons (Fsp3) is 0.100. The summed E-state index contributed by atoms with van der Waals surface area (Å²) >= 11 is 5.90. The third-order valence-corrected chi connectivity index (χ3v) is 4.47. The maximum Gasteiger partial charge on any atom is 0.328 e. The van der Waals surface area contributed by atoms with Crippen LogP contribution in [-0.2, 0) is 18.9 Å². The molecule has 7 nitrogen and oxygen atoms in total. The molecule has 0 unspecified atom stereocenters. The van der Waals surface area contributed by atoms with Gasteiger partial charge in [-0.25, -0.2) is 4.79 Å². The van der Waals surface area contributed by atoms with E-state index in [1.807, 2.05) is 0 Å². The molecule has 2 aromatic heterocycles. The molecule has 0 saturated carbocycles. The van der Waals surface area contributed by atoms with E-state index in [-0.39, 0.29) is 11.3 Å². The summed E-state index contributed by atoms with van der Waals surface area (Å²) in [6.45, 7) is 0. The zero-order valence-electron chi connectivity index (χ0n) is 15.1. The van der Waals surface area contributed by atoms with Crippen molar-refractivity contribution in [2.24, 2.45) is 14.1 Å². The van der Waals surface area contributed by atoms with Gasteiger partial charge in [0, 0.05) is 54.1 Å². The average molecular weight is 398 g/mol. The largest absolute Gasteiger partial charge is 0.478 e. The number of pyridine rings is 1. The fourth-order valence-electron chi connectivity index (χ4n) is 2.81. The van der Waals surface area contributed by atoms with Gasteiger partial charge in [0.1, 0.15) is 5.69 Å². The smallest absolute Gasteiger partial charge is 0.328 e. The van der Waals surface area contributed by atoms with Crippen molar-refractivity contribution in [3.8, 4) is 11.1 Å². The Bertz CT molecular complexity index is 1160. The number of benzene rings is 1. The molecule has 0 fully saturated rings. The first-order valence-corrected chi connectivity index (χ1v) is 8.60. The first-order chi connectivity index (χ1) is 13.3. The summed E-state index contributed by atoms with van der Waals surface area (Å²) in [7, 11) is 3.22. The number of aliphatic carboxylic acids is 1. The van der Waals surface area contributed by atoms with E-state index in [4.69, 9.17) is 16.7 Å². The Morgan fingerprint density at radius 2 is 1.82 bits per heavy atom. The normalized spacial score (nSPS) is 11.1. The lowest BCUT2D eigenvalue weighted by Crippen LogP contribution is -2.16. The highest BCUT2D eigenvalue weighted by molar-refractivity contribution is 6.30. The molecule has 0 aliphatic rings. The summed E-state index contributed by atoms with van der Waals surface area (Å²) in [5.74, 6) is -1.41. The number of carbonyl (C=O) groups is 2. The lowest BCUT2D eigenvalue weighted by atomic mass is 9.98. The molecule has 1 aromatic carbocycles. The molecule has 0 saturated heterocycles. The summed E-state index contributed by atoms with van der Waals surface area (Å²) in [6.07, 6.45) is 5.33. The lowest BCUT2D eigenvalue weighted by Gasteiger charge is -2.10. The molecule has 142 valence electrons. The number of aromatic nitrogens is 3. The number of rotatable bonds is 5. The van der Waals surface area contributed by atoms with E-state index in [0.717, 1.165) is 6.08 Å². The van der Waals surface area contributed by atoms with Gasteiger partial charge in [-0.05, 0) is 35.9 Å². The van der Waals surface area contributed by atoms with Crippen LogP contribution in [-0.4, -0.2) is 31.2 Å². The Kier molecular flexibility index (Phi) is 5.28. The Hall–Kier alpha value is -3.45. The molecular weight excluding hydrogens is 382 g/mol. The maximum absolute atomic E-state index is 13.1. The molecule has 8 heteroatoms. The van der Waals surface area contributed by atoms with Crippen molar-refractivity contribution in [2.75, 3.05) is 0 Å². The summed E-state index contributed by atoms with van der Waals surface area (Å²) in [5, 5.41) is 13.6. The van der Waals surface area contributed by atoms with E-state index in [0.29, 0.717) is 33.0 Å². The zero-order valence-corrected chi connectivity index (χ0v) is 15.8. The van der Waals surface area contributed by atoms with Crippen LogP contribution in [0.15, 0.2) is 53.6 Å².